The third kappa shape index (κ3) is 4.03. The van der Waals surface area contributed by atoms with Gasteiger partial charge in [0.25, 0.3) is 0 Å². The normalized spacial score (nSPS) is 12.3. The lowest BCUT2D eigenvalue weighted by Crippen LogP contribution is -2.16. The Bertz CT molecular complexity index is 666. The lowest BCUT2D eigenvalue weighted by molar-refractivity contribution is -0.274. The Morgan fingerprint density at radius 2 is 1.55 bits per heavy atom. The van der Waals surface area contributed by atoms with E-state index >= 15 is 0 Å². The van der Waals surface area contributed by atoms with Gasteiger partial charge in [-0.3, -0.25) is 0 Å². The number of hydrogen-bond donors (Lipinski definition) is 0. The Balaban J connectivity index is 2.36. The number of halogens is 7. The third-order valence-electron chi connectivity index (χ3n) is 2.57. The number of alkyl halides is 6. The minimum atomic E-state index is -4.85. The van der Waals surface area contributed by atoms with Crippen molar-refractivity contribution in [1.29, 1.82) is 0 Å². The van der Waals surface area contributed by atoms with E-state index in [9.17, 15) is 26.3 Å². The molecule has 2 aromatic rings. The molecule has 0 amide bonds. The summed E-state index contributed by atoms with van der Waals surface area (Å²) < 4.78 is 77.7. The standard InChI is InChI=1S/C13H6ClF6NO/c14-11-10(5-8(6-21-11)12(15,16)17)7-1-3-9(4-2-7)22-13(18,19)20/h1-6H. The molecule has 0 unspecified atom stereocenters. The molecule has 0 bridgehead atoms. The number of pyridine rings is 1. The van der Waals surface area contributed by atoms with Crippen LogP contribution in [0.25, 0.3) is 11.1 Å². The first-order valence-corrected chi connectivity index (χ1v) is 6.03. The highest BCUT2D eigenvalue weighted by molar-refractivity contribution is 6.32. The summed E-state index contributed by atoms with van der Waals surface area (Å²) in [6.45, 7) is 0. The van der Waals surface area contributed by atoms with Crippen molar-refractivity contribution < 1.29 is 31.1 Å². The van der Waals surface area contributed by atoms with Gasteiger partial charge >= 0.3 is 12.5 Å². The summed E-state index contributed by atoms with van der Waals surface area (Å²) in [5.41, 5.74) is -0.879. The fraction of sp³-hybridized carbons (Fsp3) is 0.154. The van der Waals surface area contributed by atoms with Gasteiger partial charge in [0.1, 0.15) is 10.9 Å². The minimum Gasteiger partial charge on any atom is -0.406 e. The predicted molar refractivity (Wildman–Crippen MR) is 66.4 cm³/mol. The zero-order chi connectivity index (χ0) is 16.5. The van der Waals surface area contributed by atoms with Crippen LogP contribution >= 0.6 is 11.6 Å². The second-order valence-electron chi connectivity index (χ2n) is 4.13. The van der Waals surface area contributed by atoms with Gasteiger partial charge < -0.3 is 4.74 Å². The number of benzene rings is 1. The molecule has 0 radical (unpaired) electrons. The molecule has 0 saturated heterocycles. The van der Waals surface area contributed by atoms with E-state index < -0.39 is 23.9 Å². The van der Waals surface area contributed by atoms with Gasteiger partial charge in [0, 0.05) is 11.8 Å². The number of ether oxygens (including phenoxy) is 1. The first-order chi connectivity index (χ1) is 10.1. The van der Waals surface area contributed by atoms with Gasteiger partial charge in [-0.15, -0.1) is 13.2 Å². The van der Waals surface area contributed by atoms with E-state index in [2.05, 4.69) is 9.72 Å². The van der Waals surface area contributed by atoms with Crippen molar-refractivity contribution in [2.75, 3.05) is 0 Å². The lowest BCUT2D eigenvalue weighted by atomic mass is 10.1. The van der Waals surface area contributed by atoms with Crippen LogP contribution in [0, 0.1) is 0 Å². The second kappa shape index (κ2) is 5.68. The molecule has 0 aliphatic heterocycles. The van der Waals surface area contributed by atoms with Crippen LogP contribution in [-0.4, -0.2) is 11.3 Å². The van der Waals surface area contributed by atoms with Crippen molar-refractivity contribution >= 4 is 11.6 Å². The second-order valence-corrected chi connectivity index (χ2v) is 4.49. The molecule has 118 valence electrons. The Labute approximate surface area is 125 Å². The smallest absolute Gasteiger partial charge is 0.406 e. The van der Waals surface area contributed by atoms with Crippen LogP contribution in [0.2, 0.25) is 5.15 Å². The predicted octanol–water partition coefficient (Wildman–Crippen LogP) is 5.32. The quantitative estimate of drug-likeness (QED) is 0.545. The maximum absolute atomic E-state index is 12.6. The average molecular weight is 342 g/mol. The highest BCUT2D eigenvalue weighted by Crippen LogP contribution is 2.35. The molecular formula is C13H6ClF6NO. The molecule has 1 aromatic carbocycles. The molecule has 0 spiro atoms. The largest absolute Gasteiger partial charge is 0.573 e. The van der Waals surface area contributed by atoms with Crippen molar-refractivity contribution in [3.05, 3.63) is 47.2 Å². The fourth-order valence-electron chi connectivity index (χ4n) is 1.64. The molecule has 1 heterocycles. The van der Waals surface area contributed by atoms with Crippen LogP contribution in [0.15, 0.2) is 36.5 Å². The summed E-state index contributed by atoms with van der Waals surface area (Å²) in [7, 11) is 0. The molecule has 2 nitrogen and oxygen atoms in total. The Morgan fingerprint density at radius 1 is 0.955 bits per heavy atom. The van der Waals surface area contributed by atoms with Crippen LogP contribution in [-0.2, 0) is 6.18 Å². The third-order valence-corrected chi connectivity index (χ3v) is 2.87. The molecular weight excluding hydrogens is 336 g/mol. The van der Waals surface area contributed by atoms with E-state index in [0.717, 1.165) is 30.3 Å². The molecule has 0 aliphatic carbocycles. The van der Waals surface area contributed by atoms with Crippen molar-refractivity contribution in [2.45, 2.75) is 12.5 Å². The van der Waals surface area contributed by atoms with Gasteiger partial charge in [-0.1, -0.05) is 23.7 Å². The van der Waals surface area contributed by atoms with Gasteiger partial charge in [0.05, 0.1) is 5.56 Å². The maximum atomic E-state index is 12.6. The summed E-state index contributed by atoms with van der Waals surface area (Å²) in [5, 5.41) is -0.197. The fourth-order valence-corrected chi connectivity index (χ4v) is 1.85. The van der Waals surface area contributed by atoms with Gasteiger partial charge in [0.15, 0.2) is 0 Å². The Morgan fingerprint density at radius 3 is 2.05 bits per heavy atom. The van der Waals surface area contributed by atoms with Crippen molar-refractivity contribution in [1.82, 2.24) is 4.98 Å². The topological polar surface area (TPSA) is 22.1 Å². The van der Waals surface area contributed by atoms with Crippen LogP contribution in [0.4, 0.5) is 26.3 Å². The molecule has 0 saturated carbocycles. The maximum Gasteiger partial charge on any atom is 0.573 e. The van der Waals surface area contributed by atoms with Crippen LogP contribution in [0.5, 0.6) is 5.75 Å². The summed E-state index contributed by atoms with van der Waals surface area (Å²) in [6, 6.07) is 5.03. The molecule has 9 heteroatoms. The Kier molecular flexibility index (Phi) is 4.23. The van der Waals surface area contributed by atoms with Crippen molar-refractivity contribution in [3.63, 3.8) is 0 Å². The van der Waals surface area contributed by atoms with Crippen molar-refractivity contribution in [3.8, 4) is 16.9 Å². The van der Waals surface area contributed by atoms with E-state index in [-0.39, 0.29) is 16.3 Å². The first-order valence-electron chi connectivity index (χ1n) is 5.65. The van der Waals surface area contributed by atoms with E-state index in [1.165, 1.54) is 0 Å². The van der Waals surface area contributed by atoms with Gasteiger partial charge in [-0.2, -0.15) is 13.2 Å². The van der Waals surface area contributed by atoms with Crippen LogP contribution in [0.1, 0.15) is 5.56 Å². The molecule has 0 aliphatic rings. The van der Waals surface area contributed by atoms with Crippen molar-refractivity contribution in [2.24, 2.45) is 0 Å². The lowest BCUT2D eigenvalue weighted by Gasteiger charge is -2.11. The molecule has 22 heavy (non-hydrogen) atoms. The zero-order valence-electron chi connectivity index (χ0n) is 10.5. The molecule has 0 N–H and O–H groups in total. The molecule has 2 rings (SSSR count). The number of hydrogen-bond acceptors (Lipinski definition) is 2. The first kappa shape index (κ1) is 16.4. The Hall–Kier alpha value is -1.96. The number of rotatable bonds is 2. The van der Waals surface area contributed by atoms with Gasteiger partial charge in [-0.05, 0) is 23.8 Å². The highest BCUT2D eigenvalue weighted by Gasteiger charge is 2.32. The summed E-state index contributed by atoms with van der Waals surface area (Å²) in [5.74, 6) is -0.493. The summed E-state index contributed by atoms with van der Waals surface area (Å²) >= 11 is 5.74. The molecule has 0 atom stereocenters. The molecule has 1 aromatic heterocycles. The zero-order valence-corrected chi connectivity index (χ0v) is 11.2. The number of nitrogens with zero attached hydrogens (tertiary/aromatic N) is 1. The average Bonchev–Trinajstić information content (AvgIpc) is 2.37. The SMILES string of the molecule is FC(F)(F)Oc1ccc(-c2cc(C(F)(F)F)cnc2Cl)cc1. The van der Waals surface area contributed by atoms with Gasteiger partial charge in [0.2, 0.25) is 0 Å². The monoisotopic (exact) mass is 341 g/mol. The summed E-state index contributed by atoms with van der Waals surface area (Å²) in [6.07, 6.45) is -8.88. The van der Waals surface area contributed by atoms with E-state index in [1.807, 2.05) is 0 Å². The highest BCUT2D eigenvalue weighted by atomic mass is 35.5. The van der Waals surface area contributed by atoms with E-state index in [0.29, 0.717) is 6.20 Å². The molecule has 0 fully saturated rings. The summed E-state index contributed by atoms with van der Waals surface area (Å²) in [4.78, 5) is 3.44. The van der Waals surface area contributed by atoms with Crippen LogP contribution in [0.3, 0.4) is 0 Å². The van der Waals surface area contributed by atoms with E-state index in [4.69, 9.17) is 11.6 Å². The van der Waals surface area contributed by atoms with Crippen LogP contribution < -0.4 is 4.74 Å². The van der Waals surface area contributed by atoms with Gasteiger partial charge in [-0.25, -0.2) is 4.98 Å². The van der Waals surface area contributed by atoms with E-state index in [1.54, 1.807) is 0 Å². The number of aromatic nitrogens is 1. The minimum absolute atomic E-state index is 0.0462.